The van der Waals surface area contributed by atoms with Gasteiger partial charge < -0.3 is 10.1 Å². The first-order chi connectivity index (χ1) is 12.1. The minimum absolute atomic E-state index is 0.0228. The van der Waals surface area contributed by atoms with Crippen molar-refractivity contribution in [3.63, 3.8) is 0 Å². The molecule has 140 valence electrons. The summed E-state index contributed by atoms with van der Waals surface area (Å²) in [6.07, 6.45) is 0. The first-order valence-electron chi connectivity index (χ1n) is 7.69. The Kier molecular flexibility index (Phi) is 5.98. The second kappa shape index (κ2) is 7.83. The maximum atomic E-state index is 12.6. The number of anilines is 2. The lowest BCUT2D eigenvalue weighted by Gasteiger charge is -2.10. The molecule has 0 saturated heterocycles. The number of nitrogens with zero attached hydrogens (tertiary/aromatic N) is 1. The molecule has 1 aromatic carbocycles. The van der Waals surface area contributed by atoms with Crippen LogP contribution < -0.4 is 10.0 Å². The molecule has 1 aromatic heterocycles. The lowest BCUT2D eigenvalue weighted by Crippen LogP contribution is -2.14. The normalized spacial score (nSPS) is 11.1. The summed E-state index contributed by atoms with van der Waals surface area (Å²) in [5.41, 5.74) is 1.53. The molecule has 0 fully saturated rings. The summed E-state index contributed by atoms with van der Waals surface area (Å²) in [4.78, 5) is 27.3. The third kappa shape index (κ3) is 4.58. The number of hydrogen-bond donors (Lipinski definition) is 2. The molecule has 0 aliphatic heterocycles. The molecule has 0 atom stereocenters. The Hall–Kier alpha value is -2.46. The monoisotopic (exact) mass is 397 g/mol. The van der Waals surface area contributed by atoms with E-state index >= 15 is 0 Å². The third-order valence-corrected chi connectivity index (χ3v) is 5.82. The number of benzene rings is 1. The van der Waals surface area contributed by atoms with Crippen molar-refractivity contribution in [1.82, 2.24) is 4.98 Å². The number of nitrogens with one attached hydrogen (secondary N) is 2. The summed E-state index contributed by atoms with van der Waals surface area (Å²) in [6.45, 7) is 6.57. The second-order valence-corrected chi connectivity index (χ2v) is 8.10. The van der Waals surface area contributed by atoms with Gasteiger partial charge >= 0.3 is 5.97 Å². The average Bonchev–Trinajstić information content (AvgIpc) is 2.88. The zero-order valence-corrected chi connectivity index (χ0v) is 16.4. The quantitative estimate of drug-likeness (QED) is 0.724. The Morgan fingerprint density at radius 3 is 2.54 bits per heavy atom. The Morgan fingerprint density at radius 2 is 1.96 bits per heavy atom. The van der Waals surface area contributed by atoms with Crippen molar-refractivity contribution >= 4 is 44.1 Å². The van der Waals surface area contributed by atoms with Crippen LogP contribution in [-0.4, -0.2) is 31.9 Å². The maximum absolute atomic E-state index is 12.6. The maximum Gasteiger partial charge on any atom is 0.350 e. The molecule has 8 nitrogen and oxygen atoms in total. The van der Waals surface area contributed by atoms with E-state index in [1.807, 2.05) is 0 Å². The molecule has 26 heavy (non-hydrogen) atoms. The van der Waals surface area contributed by atoms with Crippen LogP contribution in [0.2, 0.25) is 0 Å². The van der Waals surface area contributed by atoms with Gasteiger partial charge in [0.05, 0.1) is 17.2 Å². The summed E-state index contributed by atoms with van der Waals surface area (Å²) < 4.78 is 32.4. The molecular weight excluding hydrogens is 378 g/mol. The van der Waals surface area contributed by atoms with E-state index in [0.717, 1.165) is 11.3 Å². The number of ether oxygens (including phenoxy) is 1. The van der Waals surface area contributed by atoms with Crippen LogP contribution in [0.3, 0.4) is 0 Å². The molecule has 10 heteroatoms. The standard InChI is InChI=1S/C16H19N3O5S2/c1-5-24-15(21)14-10(3)17-16(25-14)19-26(22,23)12-6-7-13(9(2)8-12)18-11(4)20/h6-8H,5H2,1-4H3,(H,17,19)(H,18,20). The first-order valence-corrected chi connectivity index (χ1v) is 9.99. The topological polar surface area (TPSA) is 114 Å². The van der Waals surface area contributed by atoms with Crippen molar-refractivity contribution in [3.8, 4) is 0 Å². The summed E-state index contributed by atoms with van der Waals surface area (Å²) >= 11 is 0.912. The summed E-state index contributed by atoms with van der Waals surface area (Å²) in [5, 5.41) is 2.70. The van der Waals surface area contributed by atoms with Crippen LogP contribution in [-0.2, 0) is 19.6 Å². The highest BCUT2D eigenvalue weighted by Crippen LogP contribution is 2.27. The number of sulfonamides is 1. The van der Waals surface area contributed by atoms with Crippen molar-refractivity contribution in [2.75, 3.05) is 16.6 Å². The minimum atomic E-state index is -3.89. The van der Waals surface area contributed by atoms with Crippen LogP contribution in [0.4, 0.5) is 10.8 Å². The van der Waals surface area contributed by atoms with Crippen LogP contribution in [0.25, 0.3) is 0 Å². The Balaban J connectivity index is 2.26. The Bertz CT molecular complexity index is 951. The van der Waals surface area contributed by atoms with Crippen molar-refractivity contribution in [3.05, 3.63) is 34.3 Å². The molecule has 0 unspecified atom stereocenters. The van der Waals surface area contributed by atoms with Crippen molar-refractivity contribution < 1.29 is 22.7 Å². The fourth-order valence-corrected chi connectivity index (χ4v) is 4.31. The van der Waals surface area contributed by atoms with E-state index in [1.54, 1.807) is 20.8 Å². The first kappa shape index (κ1) is 19.9. The van der Waals surface area contributed by atoms with Gasteiger partial charge in [-0.1, -0.05) is 11.3 Å². The van der Waals surface area contributed by atoms with E-state index in [0.29, 0.717) is 16.9 Å². The number of amides is 1. The lowest BCUT2D eigenvalue weighted by molar-refractivity contribution is -0.114. The zero-order valence-electron chi connectivity index (χ0n) is 14.7. The largest absolute Gasteiger partial charge is 0.462 e. The van der Waals surface area contributed by atoms with Gasteiger partial charge in [-0.2, -0.15) is 0 Å². The van der Waals surface area contributed by atoms with Crippen LogP contribution in [0, 0.1) is 13.8 Å². The SMILES string of the molecule is CCOC(=O)c1sc(NS(=O)(=O)c2ccc(NC(C)=O)c(C)c2)nc1C. The second-order valence-electron chi connectivity index (χ2n) is 5.42. The highest BCUT2D eigenvalue weighted by molar-refractivity contribution is 7.93. The van der Waals surface area contributed by atoms with Crippen molar-refractivity contribution in [2.24, 2.45) is 0 Å². The number of thiazole rings is 1. The molecular formula is C16H19N3O5S2. The smallest absolute Gasteiger partial charge is 0.350 e. The van der Waals surface area contributed by atoms with Gasteiger partial charge in [0, 0.05) is 12.6 Å². The van der Waals surface area contributed by atoms with Crippen LogP contribution >= 0.6 is 11.3 Å². The van der Waals surface area contributed by atoms with E-state index < -0.39 is 16.0 Å². The number of rotatable bonds is 6. The highest BCUT2D eigenvalue weighted by atomic mass is 32.2. The van der Waals surface area contributed by atoms with Gasteiger partial charge in [-0.05, 0) is 44.5 Å². The molecule has 2 N–H and O–H groups in total. The molecule has 2 aromatic rings. The predicted molar refractivity (Wildman–Crippen MR) is 99.1 cm³/mol. The minimum Gasteiger partial charge on any atom is -0.462 e. The van der Waals surface area contributed by atoms with Gasteiger partial charge in [-0.3, -0.25) is 9.52 Å². The molecule has 0 aliphatic rings. The van der Waals surface area contributed by atoms with Gasteiger partial charge in [0.25, 0.3) is 10.0 Å². The number of carbonyl (C=O) groups excluding carboxylic acids is 2. The van der Waals surface area contributed by atoms with E-state index in [2.05, 4.69) is 15.0 Å². The predicted octanol–water partition coefficient (Wildman–Crippen LogP) is 2.70. The van der Waals surface area contributed by atoms with Crippen LogP contribution in [0.5, 0.6) is 0 Å². The van der Waals surface area contributed by atoms with E-state index in [1.165, 1.54) is 25.1 Å². The molecule has 1 amide bonds. The molecule has 2 rings (SSSR count). The molecule has 0 radical (unpaired) electrons. The fraction of sp³-hybridized carbons (Fsp3) is 0.312. The van der Waals surface area contributed by atoms with Crippen LogP contribution in [0.1, 0.15) is 34.8 Å². The number of esters is 1. The Morgan fingerprint density at radius 1 is 1.27 bits per heavy atom. The molecule has 0 spiro atoms. The number of hydrogen-bond acceptors (Lipinski definition) is 7. The summed E-state index contributed by atoms with van der Waals surface area (Å²) in [7, 11) is -3.89. The fourth-order valence-electron chi connectivity index (χ4n) is 2.13. The number of carbonyl (C=O) groups is 2. The van der Waals surface area contributed by atoms with Gasteiger partial charge in [0.15, 0.2) is 5.13 Å². The number of aryl methyl sites for hydroxylation is 2. The zero-order chi connectivity index (χ0) is 19.5. The van der Waals surface area contributed by atoms with Gasteiger partial charge in [-0.25, -0.2) is 18.2 Å². The van der Waals surface area contributed by atoms with Gasteiger partial charge in [0.2, 0.25) is 5.91 Å². The summed E-state index contributed by atoms with van der Waals surface area (Å²) in [6, 6.07) is 4.34. The molecule has 0 saturated carbocycles. The van der Waals surface area contributed by atoms with Crippen LogP contribution in [0.15, 0.2) is 23.1 Å². The molecule has 1 heterocycles. The number of aromatic nitrogens is 1. The average molecular weight is 397 g/mol. The Labute approximate surface area is 155 Å². The van der Waals surface area contributed by atoms with Crippen molar-refractivity contribution in [2.45, 2.75) is 32.6 Å². The van der Waals surface area contributed by atoms with E-state index in [-0.39, 0.29) is 27.4 Å². The third-order valence-electron chi connectivity index (χ3n) is 3.30. The highest BCUT2D eigenvalue weighted by Gasteiger charge is 2.21. The molecule has 0 bridgehead atoms. The van der Waals surface area contributed by atoms with E-state index in [9.17, 15) is 18.0 Å². The molecule has 0 aliphatic carbocycles. The van der Waals surface area contributed by atoms with Gasteiger partial charge in [-0.15, -0.1) is 0 Å². The van der Waals surface area contributed by atoms with E-state index in [4.69, 9.17) is 4.74 Å². The summed E-state index contributed by atoms with van der Waals surface area (Å²) in [5.74, 6) is -0.782. The van der Waals surface area contributed by atoms with Crippen molar-refractivity contribution in [1.29, 1.82) is 0 Å². The lowest BCUT2D eigenvalue weighted by atomic mass is 10.2. The van der Waals surface area contributed by atoms with Gasteiger partial charge in [0.1, 0.15) is 4.88 Å².